The minimum absolute atomic E-state index is 0.266. The summed E-state index contributed by atoms with van der Waals surface area (Å²) in [5, 5.41) is 0. The SMILES string of the molecule is CC(C)P(=O)([O-])OCC[N+](C)(C)C. The predicted molar refractivity (Wildman–Crippen MR) is 51.6 cm³/mol. The molecule has 0 aromatic heterocycles. The summed E-state index contributed by atoms with van der Waals surface area (Å²) in [6.45, 7) is 4.21. The first-order valence-corrected chi connectivity index (χ1v) is 6.02. The highest BCUT2D eigenvalue weighted by Crippen LogP contribution is 2.42. The van der Waals surface area contributed by atoms with Crippen molar-refractivity contribution in [1.29, 1.82) is 0 Å². The van der Waals surface area contributed by atoms with E-state index >= 15 is 0 Å². The van der Waals surface area contributed by atoms with Gasteiger partial charge in [0, 0.05) is 5.66 Å². The Morgan fingerprint density at radius 3 is 2.15 bits per heavy atom. The van der Waals surface area contributed by atoms with Crippen molar-refractivity contribution < 1.29 is 18.5 Å². The van der Waals surface area contributed by atoms with Gasteiger partial charge >= 0.3 is 0 Å². The van der Waals surface area contributed by atoms with Crippen LogP contribution in [-0.2, 0) is 9.09 Å². The molecule has 0 heterocycles. The number of nitrogens with zero attached hydrogens (tertiary/aromatic N) is 1. The zero-order valence-corrected chi connectivity index (χ0v) is 10.0. The van der Waals surface area contributed by atoms with Crippen molar-refractivity contribution in [1.82, 2.24) is 0 Å². The van der Waals surface area contributed by atoms with Gasteiger partial charge in [-0.2, -0.15) is 0 Å². The lowest BCUT2D eigenvalue weighted by Crippen LogP contribution is -2.37. The van der Waals surface area contributed by atoms with Gasteiger partial charge in [0.05, 0.1) is 21.1 Å². The summed E-state index contributed by atoms with van der Waals surface area (Å²) in [4.78, 5) is 11.2. The van der Waals surface area contributed by atoms with Gasteiger partial charge in [-0.3, -0.25) is 0 Å². The topological polar surface area (TPSA) is 49.4 Å². The number of quaternary nitrogens is 1. The largest absolute Gasteiger partial charge is 0.778 e. The van der Waals surface area contributed by atoms with Crippen molar-refractivity contribution in [3.8, 4) is 0 Å². The normalized spacial score (nSPS) is 17.5. The monoisotopic (exact) mass is 209 g/mol. The van der Waals surface area contributed by atoms with E-state index in [1.807, 2.05) is 21.1 Å². The lowest BCUT2D eigenvalue weighted by Gasteiger charge is -2.29. The van der Waals surface area contributed by atoms with Crippen LogP contribution in [0.3, 0.4) is 0 Å². The van der Waals surface area contributed by atoms with E-state index in [1.165, 1.54) is 0 Å². The molecule has 0 fully saturated rings. The predicted octanol–water partition coefficient (Wildman–Crippen LogP) is 0.671. The van der Waals surface area contributed by atoms with E-state index in [9.17, 15) is 9.46 Å². The number of rotatable bonds is 5. The molecule has 13 heavy (non-hydrogen) atoms. The van der Waals surface area contributed by atoms with Crippen LogP contribution in [0.25, 0.3) is 0 Å². The van der Waals surface area contributed by atoms with Crippen LogP contribution in [0.4, 0.5) is 0 Å². The van der Waals surface area contributed by atoms with Crippen molar-refractivity contribution in [2.24, 2.45) is 0 Å². The van der Waals surface area contributed by atoms with Crippen LogP contribution in [0.5, 0.6) is 0 Å². The van der Waals surface area contributed by atoms with Crippen molar-refractivity contribution in [2.75, 3.05) is 34.3 Å². The summed E-state index contributed by atoms with van der Waals surface area (Å²) >= 11 is 0. The average Bonchev–Trinajstić information content (AvgIpc) is 1.82. The highest BCUT2D eigenvalue weighted by Gasteiger charge is 2.15. The fourth-order valence-electron chi connectivity index (χ4n) is 0.591. The molecule has 0 aliphatic carbocycles. The van der Waals surface area contributed by atoms with E-state index in [4.69, 9.17) is 4.52 Å². The lowest BCUT2D eigenvalue weighted by atomic mass is 10.5. The van der Waals surface area contributed by atoms with Gasteiger partial charge in [0.1, 0.15) is 20.7 Å². The number of likely N-dealkylation sites (N-methyl/N-ethyl adjacent to an activating group) is 1. The Kier molecular flexibility index (Phi) is 4.60. The third-order valence-electron chi connectivity index (χ3n) is 1.67. The Morgan fingerprint density at radius 2 is 1.85 bits per heavy atom. The van der Waals surface area contributed by atoms with Crippen LogP contribution >= 0.6 is 7.60 Å². The smallest absolute Gasteiger partial charge is 0.137 e. The van der Waals surface area contributed by atoms with Gasteiger partial charge in [-0.25, -0.2) is 0 Å². The third-order valence-corrected chi connectivity index (χ3v) is 3.47. The van der Waals surface area contributed by atoms with Gasteiger partial charge in [-0.1, -0.05) is 13.8 Å². The quantitative estimate of drug-likeness (QED) is 0.494. The van der Waals surface area contributed by atoms with E-state index in [-0.39, 0.29) is 6.61 Å². The van der Waals surface area contributed by atoms with Gasteiger partial charge in [0.2, 0.25) is 0 Å². The lowest BCUT2D eigenvalue weighted by molar-refractivity contribution is -0.870. The van der Waals surface area contributed by atoms with E-state index in [2.05, 4.69) is 0 Å². The molecule has 0 saturated heterocycles. The Hall–Kier alpha value is 0.110. The fourth-order valence-corrected chi connectivity index (χ4v) is 1.23. The molecule has 0 amide bonds. The molecular weight excluding hydrogens is 189 g/mol. The molecule has 1 unspecified atom stereocenters. The van der Waals surface area contributed by atoms with Gasteiger partial charge in [0.15, 0.2) is 0 Å². The first-order valence-electron chi connectivity index (χ1n) is 4.41. The maximum Gasteiger partial charge on any atom is 0.137 e. The van der Waals surface area contributed by atoms with Gasteiger partial charge < -0.3 is 18.5 Å². The Morgan fingerprint density at radius 1 is 1.38 bits per heavy atom. The molecule has 0 aromatic rings. The fraction of sp³-hybridized carbons (Fsp3) is 1.00. The molecule has 4 nitrogen and oxygen atoms in total. The van der Waals surface area contributed by atoms with Crippen molar-refractivity contribution in [3.05, 3.63) is 0 Å². The molecule has 0 N–H and O–H groups in total. The molecule has 0 aliphatic heterocycles. The first kappa shape index (κ1) is 13.1. The zero-order chi connectivity index (χ0) is 10.7. The van der Waals surface area contributed by atoms with E-state index in [0.29, 0.717) is 11.0 Å². The van der Waals surface area contributed by atoms with Crippen LogP contribution in [0.2, 0.25) is 0 Å². The van der Waals surface area contributed by atoms with Crippen LogP contribution in [0, 0.1) is 0 Å². The summed E-state index contributed by atoms with van der Waals surface area (Å²) in [6.07, 6.45) is 0. The molecule has 0 rings (SSSR count). The highest BCUT2D eigenvalue weighted by molar-refractivity contribution is 7.52. The Bertz CT molecular complexity index is 198. The summed E-state index contributed by atoms with van der Waals surface area (Å²) < 4.78 is 16.8. The molecule has 80 valence electrons. The minimum atomic E-state index is -3.61. The molecule has 0 aromatic carbocycles. The summed E-state index contributed by atoms with van der Waals surface area (Å²) in [7, 11) is 2.37. The minimum Gasteiger partial charge on any atom is -0.778 e. The Balaban J connectivity index is 3.84. The van der Waals surface area contributed by atoms with E-state index in [0.717, 1.165) is 0 Å². The van der Waals surface area contributed by atoms with Crippen molar-refractivity contribution >= 4 is 7.60 Å². The molecule has 0 bridgehead atoms. The third kappa shape index (κ3) is 6.22. The molecule has 1 atom stereocenters. The summed E-state index contributed by atoms with van der Waals surface area (Å²) in [5.41, 5.74) is -0.431. The van der Waals surface area contributed by atoms with Gasteiger partial charge in [-0.15, -0.1) is 0 Å². The van der Waals surface area contributed by atoms with Gasteiger partial charge in [-0.05, 0) is 0 Å². The molecule has 0 saturated carbocycles. The van der Waals surface area contributed by atoms with Gasteiger partial charge in [0.25, 0.3) is 0 Å². The van der Waals surface area contributed by atoms with Crippen LogP contribution in [0.1, 0.15) is 13.8 Å². The zero-order valence-electron chi connectivity index (χ0n) is 9.11. The average molecular weight is 209 g/mol. The standard InChI is InChI=1S/C8H20NO3P/c1-8(2)13(10,11)12-7-6-9(3,4)5/h8H,6-7H2,1-5H3. The Labute approximate surface area is 80.6 Å². The maximum absolute atomic E-state index is 11.2. The maximum atomic E-state index is 11.2. The van der Waals surface area contributed by atoms with Crippen LogP contribution < -0.4 is 4.89 Å². The van der Waals surface area contributed by atoms with Crippen molar-refractivity contribution in [3.63, 3.8) is 0 Å². The molecular formula is C8H20NO3P. The summed E-state index contributed by atoms with van der Waals surface area (Å²) in [5.74, 6) is 0. The van der Waals surface area contributed by atoms with Crippen molar-refractivity contribution in [2.45, 2.75) is 19.5 Å². The number of hydrogen-bond acceptors (Lipinski definition) is 3. The van der Waals surface area contributed by atoms with Crippen LogP contribution in [0.15, 0.2) is 0 Å². The number of hydrogen-bond donors (Lipinski definition) is 0. The van der Waals surface area contributed by atoms with E-state index < -0.39 is 13.3 Å². The highest BCUT2D eigenvalue weighted by atomic mass is 31.2. The molecule has 0 spiro atoms. The second kappa shape index (κ2) is 4.56. The molecule has 5 heteroatoms. The second-order valence-corrected chi connectivity index (χ2v) is 6.85. The molecule has 0 radical (unpaired) electrons. The summed E-state index contributed by atoms with van der Waals surface area (Å²) in [6, 6.07) is 0. The van der Waals surface area contributed by atoms with E-state index in [1.54, 1.807) is 13.8 Å². The molecule has 0 aliphatic rings. The van der Waals surface area contributed by atoms with Crippen LogP contribution in [-0.4, -0.2) is 44.4 Å². The first-order chi connectivity index (χ1) is 5.65. The second-order valence-electron chi connectivity index (χ2n) is 4.48.